The van der Waals surface area contributed by atoms with Gasteiger partial charge in [-0.25, -0.2) is 0 Å². The lowest BCUT2D eigenvalue weighted by molar-refractivity contribution is 0.0606. The number of allylic oxidation sites excluding steroid dienone is 1. The number of hydrogen-bond acceptors (Lipinski definition) is 6. The maximum Gasteiger partial charge on any atom is 0.231 e. The van der Waals surface area contributed by atoms with Crippen LogP contribution in [0.4, 0.5) is 0 Å². The molecule has 2 aliphatic rings. The maximum absolute atomic E-state index is 13.1. The highest BCUT2D eigenvalue weighted by Gasteiger charge is 2.34. The van der Waals surface area contributed by atoms with Crippen LogP contribution in [0, 0.1) is 0 Å². The molecular formula is C27H25NO5. The molecule has 0 aliphatic carbocycles. The Hall–Kier alpha value is -3.77. The number of nitrogens with zero attached hydrogens (tertiary/aromatic N) is 1. The number of Topliss-reactive ketones (excluding diaryl/α,β-unsaturated/α-hetero) is 1. The molecule has 3 aromatic carbocycles. The zero-order valence-corrected chi connectivity index (χ0v) is 18.8. The van der Waals surface area contributed by atoms with Gasteiger partial charge < -0.3 is 18.9 Å². The molecule has 0 bridgehead atoms. The summed E-state index contributed by atoms with van der Waals surface area (Å²) in [6.45, 7) is 3.26. The van der Waals surface area contributed by atoms with Gasteiger partial charge >= 0.3 is 0 Å². The van der Waals surface area contributed by atoms with Gasteiger partial charge in [0.05, 0.1) is 25.3 Å². The molecular weight excluding hydrogens is 418 g/mol. The molecule has 2 heterocycles. The van der Waals surface area contributed by atoms with Gasteiger partial charge in [0, 0.05) is 12.6 Å². The first-order valence-corrected chi connectivity index (χ1v) is 10.8. The lowest BCUT2D eigenvalue weighted by atomic mass is 10.0. The Balaban J connectivity index is 1.44. The van der Waals surface area contributed by atoms with E-state index in [1.54, 1.807) is 32.4 Å². The molecule has 0 saturated carbocycles. The van der Waals surface area contributed by atoms with Gasteiger partial charge in [0.25, 0.3) is 0 Å². The summed E-state index contributed by atoms with van der Waals surface area (Å²) in [6, 6.07) is 19.6. The fourth-order valence-corrected chi connectivity index (χ4v) is 4.26. The van der Waals surface area contributed by atoms with Crippen LogP contribution in [0.3, 0.4) is 0 Å². The standard InChI is InChI=1S/C27H25NO5/c1-17(19-7-5-4-6-8-19)28-15-21-22(32-16-28)12-10-20-26(29)25(33-27(20)21)14-18-9-11-23(30-2)24(13-18)31-3/h4-14,17H,15-16H2,1-3H3/b25-14-. The smallest absolute Gasteiger partial charge is 0.231 e. The van der Waals surface area contributed by atoms with Gasteiger partial charge in [0.2, 0.25) is 5.78 Å². The van der Waals surface area contributed by atoms with Crippen molar-refractivity contribution in [2.24, 2.45) is 0 Å². The van der Waals surface area contributed by atoms with Crippen molar-refractivity contribution in [3.05, 3.63) is 88.7 Å². The molecule has 1 unspecified atom stereocenters. The summed E-state index contributed by atoms with van der Waals surface area (Å²) in [6.07, 6.45) is 1.73. The monoisotopic (exact) mass is 443 g/mol. The van der Waals surface area contributed by atoms with E-state index in [0.29, 0.717) is 36.1 Å². The van der Waals surface area contributed by atoms with E-state index in [-0.39, 0.29) is 17.6 Å². The van der Waals surface area contributed by atoms with E-state index in [2.05, 4.69) is 24.0 Å². The van der Waals surface area contributed by atoms with E-state index in [1.807, 2.05) is 36.4 Å². The SMILES string of the molecule is COc1ccc(/C=C2\Oc3c(ccc4c3CN(C(C)c3ccccc3)CO4)C2=O)cc1OC. The van der Waals surface area contributed by atoms with Crippen LogP contribution in [-0.4, -0.2) is 31.6 Å². The van der Waals surface area contributed by atoms with Gasteiger partial charge in [0.1, 0.15) is 18.2 Å². The minimum atomic E-state index is -0.143. The molecule has 0 radical (unpaired) electrons. The summed E-state index contributed by atoms with van der Waals surface area (Å²) in [5, 5.41) is 0. The van der Waals surface area contributed by atoms with Crippen LogP contribution < -0.4 is 18.9 Å². The van der Waals surface area contributed by atoms with Crippen LogP contribution in [0.25, 0.3) is 6.08 Å². The summed E-state index contributed by atoms with van der Waals surface area (Å²) in [4.78, 5) is 15.3. The van der Waals surface area contributed by atoms with E-state index in [4.69, 9.17) is 18.9 Å². The first-order chi connectivity index (χ1) is 16.1. The van der Waals surface area contributed by atoms with Gasteiger partial charge in [-0.1, -0.05) is 36.4 Å². The van der Waals surface area contributed by atoms with E-state index in [1.165, 1.54) is 5.56 Å². The van der Waals surface area contributed by atoms with Crippen molar-refractivity contribution < 1.29 is 23.7 Å². The molecule has 33 heavy (non-hydrogen) atoms. The van der Waals surface area contributed by atoms with E-state index >= 15 is 0 Å². The quantitative estimate of drug-likeness (QED) is 0.503. The van der Waals surface area contributed by atoms with E-state index < -0.39 is 0 Å². The largest absolute Gasteiger partial charge is 0.493 e. The molecule has 0 amide bonds. The molecule has 2 aliphatic heterocycles. The van der Waals surface area contributed by atoms with Crippen molar-refractivity contribution in [2.45, 2.75) is 19.5 Å². The molecule has 0 spiro atoms. The molecule has 0 saturated heterocycles. The zero-order valence-electron chi connectivity index (χ0n) is 18.8. The Morgan fingerprint density at radius 1 is 1.00 bits per heavy atom. The minimum Gasteiger partial charge on any atom is -0.493 e. The first kappa shape index (κ1) is 21.1. The molecule has 5 rings (SSSR count). The number of benzene rings is 3. The Labute approximate surface area is 193 Å². The average molecular weight is 443 g/mol. The predicted octanol–water partition coefficient (Wildman–Crippen LogP) is 5.23. The second kappa shape index (κ2) is 8.64. The van der Waals surface area contributed by atoms with Gasteiger partial charge in [-0.3, -0.25) is 9.69 Å². The topological polar surface area (TPSA) is 57.2 Å². The lowest BCUT2D eigenvalue weighted by Crippen LogP contribution is -2.34. The van der Waals surface area contributed by atoms with Crippen molar-refractivity contribution in [3.8, 4) is 23.0 Å². The number of carbonyl (C=O) groups is 1. The van der Waals surface area contributed by atoms with Crippen LogP contribution in [0.2, 0.25) is 0 Å². The van der Waals surface area contributed by atoms with Crippen LogP contribution in [0.1, 0.15) is 40.0 Å². The highest BCUT2D eigenvalue weighted by atomic mass is 16.5. The minimum absolute atomic E-state index is 0.143. The van der Waals surface area contributed by atoms with Gasteiger partial charge in [-0.05, 0) is 48.4 Å². The number of rotatable bonds is 5. The molecule has 1 atom stereocenters. The summed E-state index contributed by atoms with van der Waals surface area (Å²) in [5.41, 5.74) is 3.44. The highest BCUT2D eigenvalue weighted by Crippen LogP contribution is 2.43. The summed E-state index contributed by atoms with van der Waals surface area (Å²) in [7, 11) is 3.17. The number of fused-ring (bicyclic) bond motifs is 3. The Kier molecular flexibility index (Phi) is 5.52. The van der Waals surface area contributed by atoms with Crippen molar-refractivity contribution in [1.29, 1.82) is 0 Å². The van der Waals surface area contributed by atoms with Crippen LogP contribution in [0.5, 0.6) is 23.0 Å². The van der Waals surface area contributed by atoms with Crippen molar-refractivity contribution in [2.75, 3.05) is 21.0 Å². The van der Waals surface area contributed by atoms with Crippen LogP contribution in [-0.2, 0) is 6.54 Å². The second-order valence-corrected chi connectivity index (χ2v) is 8.08. The molecule has 0 aromatic heterocycles. The molecule has 168 valence electrons. The van der Waals surface area contributed by atoms with Gasteiger partial charge in [-0.15, -0.1) is 0 Å². The Bertz CT molecular complexity index is 1230. The normalized spacial score (nSPS) is 17.1. The Morgan fingerprint density at radius 2 is 1.79 bits per heavy atom. The second-order valence-electron chi connectivity index (χ2n) is 8.08. The first-order valence-electron chi connectivity index (χ1n) is 10.8. The zero-order chi connectivity index (χ0) is 22.9. The van der Waals surface area contributed by atoms with E-state index in [9.17, 15) is 4.79 Å². The number of ketones is 1. The summed E-state index contributed by atoms with van der Waals surface area (Å²) in [5.74, 6) is 2.68. The van der Waals surface area contributed by atoms with Gasteiger partial charge in [-0.2, -0.15) is 0 Å². The molecule has 0 fully saturated rings. The molecule has 6 nitrogen and oxygen atoms in total. The van der Waals surface area contributed by atoms with Crippen molar-refractivity contribution in [3.63, 3.8) is 0 Å². The fourth-order valence-electron chi connectivity index (χ4n) is 4.26. The third-order valence-electron chi connectivity index (χ3n) is 6.18. The third kappa shape index (κ3) is 3.83. The highest BCUT2D eigenvalue weighted by molar-refractivity contribution is 6.15. The molecule has 6 heteroatoms. The summed E-state index contributed by atoms with van der Waals surface area (Å²) < 4.78 is 22.8. The third-order valence-corrected chi connectivity index (χ3v) is 6.18. The van der Waals surface area contributed by atoms with Crippen LogP contribution in [0.15, 0.2) is 66.4 Å². The van der Waals surface area contributed by atoms with E-state index in [0.717, 1.165) is 16.9 Å². The fraction of sp³-hybridized carbons (Fsp3) is 0.222. The molecule has 0 N–H and O–H groups in total. The van der Waals surface area contributed by atoms with Gasteiger partial charge in [0.15, 0.2) is 17.3 Å². The van der Waals surface area contributed by atoms with Crippen LogP contribution >= 0.6 is 0 Å². The Morgan fingerprint density at radius 3 is 2.55 bits per heavy atom. The summed E-state index contributed by atoms with van der Waals surface area (Å²) >= 11 is 0. The number of carbonyl (C=O) groups excluding carboxylic acids is 1. The predicted molar refractivity (Wildman–Crippen MR) is 125 cm³/mol. The molecule has 3 aromatic rings. The number of ether oxygens (including phenoxy) is 4. The average Bonchev–Trinajstić information content (AvgIpc) is 3.19. The lowest BCUT2D eigenvalue weighted by Gasteiger charge is -2.34. The number of methoxy groups -OCH3 is 2. The maximum atomic E-state index is 13.1. The van der Waals surface area contributed by atoms with Crippen molar-refractivity contribution in [1.82, 2.24) is 4.90 Å². The van der Waals surface area contributed by atoms with Crippen molar-refractivity contribution >= 4 is 11.9 Å². The number of hydrogen-bond donors (Lipinski definition) is 0.